The monoisotopic (exact) mass is 127 g/mol. The lowest BCUT2D eigenvalue weighted by Gasteiger charge is -2.25. The van der Waals surface area contributed by atoms with Crippen molar-refractivity contribution in [2.24, 2.45) is 0 Å². The third kappa shape index (κ3) is 1.95. The quantitative estimate of drug-likeness (QED) is 0.555. The predicted octanol–water partition coefficient (Wildman–Crippen LogP) is 0.800. The van der Waals surface area contributed by atoms with Crippen LogP contribution in [0.15, 0.2) is 0 Å². The van der Waals surface area contributed by atoms with E-state index in [-0.39, 0.29) is 6.04 Å². The van der Waals surface area contributed by atoms with Gasteiger partial charge in [0.05, 0.1) is 0 Å². The summed E-state index contributed by atoms with van der Waals surface area (Å²) in [6.07, 6.45) is 3.80. The Morgan fingerprint density at radius 2 is 2.33 bits per heavy atom. The molecule has 0 amide bonds. The van der Waals surface area contributed by atoms with Gasteiger partial charge in [0.2, 0.25) is 0 Å². The molecule has 0 aliphatic carbocycles. The van der Waals surface area contributed by atoms with Crippen molar-refractivity contribution in [3.8, 4) is 0 Å². The van der Waals surface area contributed by atoms with Crippen LogP contribution in [0.3, 0.4) is 0 Å². The van der Waals surface area contributed by atoms with Crippen molar-refractivity contribution >= 4 is 0 Å². The molecule has 1 rings (SSSR count). The first-order valence-corrected chi connectivity index (χ1v) is 3.75. The van der Waals surface area contributed by atoms with Gasteiger partial charge in [0, 0.05) is 12.1 Å². The number of piperidine rings is 1. The molecule has 1 saturated heterocycles. The molecule has 2 heteroatoms. The van der Waals surface area contributed by atoms with Gasteiger partial charge in [-0.15, -0.1) is 0 Å². The zero-order valence-corrected chi connectivity index (χ0v) is 5.98. The molecule has 1 aliphatic heterocycles. The van der Waals surface area contributed by atoms with Gasteiger partial charge in [-0.2, -0.15) is 0 Å². The van der Waals surface area contributed by atoms with Gasteiger partial charge >= 0.3 is 0 Å². The van der Waals surface area contributed by atoms with Gasteiger partial charge in [-0.3, -0.25) is 5.73 Å². The van der Waals surface area contributed by atoms with Crippen LogP contribution in [0.2, 0.25) is 0 Å². The number of rotatable bonds is 1. The summed E-state index contributed by atoms with van der Waals surface area (Å²) in [5.74, 6) is 0. The highest BCUT2D eigenvalue weighted by atomic mass is 15.0. The third-order valence-electron chi connectivity index (χ3n) is 1.95. The van der Waals surface area contributed by atoms with E-state index in [2.05, 4.69) is 5.32 Å². The summed E-state index contributed by atoms with van der Waals surface area (Å²) in [7, 11) is 0. The summed E-state index contributed by atoms with van der Waals surface area (Å²) in [6, 6.07) is 0.545. The van der Waals surface area contributed by atoms with E-state index in [0.717, 1.165) is 6.54 Å². The molecule has 0 aromatic heterocycles. The first-order valence-electron chi connectivity index (χ1n) is 3.75. The maximum absolute atomic E-state index is 7.41. The molecule has 0 aromatic rings. The summed E-state index contributed by atoms with van der Waals surface area (Å²) >= 11 is 0. The third-order valence-corrected chi connectivity index (χ3v) is 1.95. The van der Waals surface area contributed by atoms with Crippen molar-refractivity contribution in [1.82, 2.24) is 11.1 Å². The van der Waals surface area contributed by atoms with E-state index in [1.807, 2.05) is 6.92 Å². The van der Waals surface area contributed by atoms with E-state index < -0.39 is 0 Å². The van der Waals surface area contributed by atoms with Crippen LogP contribution in [-0.4, -0.2) is 18.6 Å². The fourth-order valence-corrected chi connectivity index (χ4v) is 1.31. The molecule has 1 aliphatic rings. The van der Waals surface area contributed by atoms with E-state index >= 15 is 0 Å². The van der Waals surface area contributed by atoms with Crippen molar-refractivity contribution in [3.63, 3.8) is 0 Å². The second-order valence-electron chi connectivity index (χ2n) is 2.85. The lowest BCUT2D eigenvalue weighted by molar-refractivity contribution is 0.356. The molecule has 0 bridgehead atoms. The fraction of sp³-hybridized carbons (Fsp3) is 1.00. The molecule has 0 spiro atoms. The number of hydrogen-bond acceptors (Lipinski definition) is 1. The van der Waals surface area contributed by atoms with Gasteiger partial charge in [-0.05, 0) is 26.3 Å². The second-order valence-corrected chi connectivity index (χ2v) is 2.85. The minimum atomic E-state index is 0.0744. The lowest BCUT2D eigenvalue weighted by atomic mass is 10.00. The van der Waals surface area contributed by atoms with Gasteiger partial charge in [0.25, 0.3) is 0 Å². The van der Waals surface area contributed by atoms with Crippen LogP contribution in [0.1, 0.15) is 26.2 Å². The maximum Gasteiger partial charge on any atom is 0.0338 e. The molecule has 0 saturated carbocycles. The molecule has 0 aromatic carbocycles. The van der Waals surface area contributed by atoms with E-state index in [1.54, 1.807) is 0 Å². The Balaban J connectivity index is 2.23. The zero-order valence-electron chi connectivity index (χ0n) is 5.98. The largest absolute Gasteiger partial charge is 0.312 e. The van der Waals surface area contributed by atoms with Gasteiger partial charge in [0.15, 0.2) is 0 Å². The Bertz CT molecular complexity index is 75.0. The molecule has 2 atom stereocenters. The van der Waals surface area contributed by atoms with Crippen molar-refractivity contribution in [2.45, 2.75) is 38.3 Å². The Hall–Kier alpha value is -0.0800. The summed E-state index contributed by atoms with van der Waals surface area (Å²) < 4.78 is 0. The van der Waals surface area contributed by atoms with Crippen LogP contribution in [-0.2, 0) is 0 Å². The highest BCUT2D eigenvalue weighted by Crippen LogP contribution is 2.08. The SMILES string of the molecule is CC([NH])C1CCCCN1. The molecule has 2 N–H and O–H groups in total. The van der Waals surface area contributed by atoms with Gasteiger partial charge in [-0.25, -0.2) is 0 Å². The Kier molecular flexibility index (Phi) is 2.49. The second kappa shape index (κ2) is 3.18. The topological polar surface area (TPSA) is 35.8 Å². The van der Waals surface area contributed by atoms with Crippen molar-refractivity contribution in [1.29, 1.82) is 0 Å². The summed E-state index contributed by atoms with van der Waals surface area (Å²) in [5, 5.41) is 3.33. The minimum Gasteiger partial charge on any atom is -0.312 e. The standard InChI is InChI=1S/C7H15N2/c1-6(8)7-4-2-3-5-9-7/h6-9H,2-5H2,1H3. The Morgan fingerprint density at radius 1 is 1.56 bits per heavy atom. The molecule has 1 heterocycles. The van der Waals surface area contributed by atoms with Crippen LogP contribution in [0.25, 0.3) is 0 Å². The maximum atomic E-state index is 7.41. The van der Waals surface area contributed by atoms with Crippen molar-refractivity contribution in [2.75, 3.05) is 6.54 Å². The smallest absolute Gasteiger partial charge is 0.0338 e. The average Bonchev–Trinajstić information content (AvgIpc) is 1.90. The molecular weight excluding hydrogens is 112 g/mol. The van der Waals surface area contributed by atoms with Gasteiger partial charge in [-0.1, -0.05) is 6.42 Å². The molecular formula is C7H15N2. The summed E-state index contributed by atoms with van der Waals surface area (Å²) in [6.45, 7) is 3.08. The van der Waals surface area contributed by atoms with E-state index in [9.17, 15) is 0 Å². The van der Waals surface area contributed by atoms with Crippen LogP contribution in [0.5, 0.6) is 0 Å². The van der Waals surface area contributed by atoms with Gasteiger partial charge in [0.1, 0.15) is 0 Å². The van der Waals surface area contributed by atoms with E-state index in [1.165, 1.54) is 19.3 Å². The van der Waals surface area contributed by atoms with Crippen LogP contribution >= 0.6 is 0 Å². The van der Waals surface area contributed by atoms with E-state index in [4.69, 9.17) is 5.73 Å². The van der Waals surface area contributed by atoms with Crippen molar-refractivity contribution in [3.05, 3.63) is 0 Å². The normalized spacial score (nSPS) is 32.0. The van der Waals surface area contributed by atoms with E-state index in [0.29, 0.717) is 6.04 Å². The molecule has 53 valence electrons. The number of nitrogens with one attached hydrogen (secondary N) is 2. The molecule has 1 radical (unpaired) electrons. The Labute approximate surface area is 56.8 Å². The fourth-order valence-electron chi connectivity index (χ4n) is 1.31. The minimum absolute atomic E-state index is 0.0744. The molecule has 2 nitrogen and oxygen atoms in total. The first kappa shape index (κ1) is 7.03. The van der Waals surface area contributed by atoms with Crippen molar-refractivity contribution < 1.29 is 0 Å². The zero-order chi connectivity index (χ0) is 6.69. The molecule has 2 unspecified atom stereocenters. The predicted molar refractivity (Wildman–Crippen MR) is 38.2 cm³/mol. The number of hydrogen-bond donors (Lipinski definition) is 1. The average molecular weight is 127 g/mol. The highest BCUT2D eigenvalue weighted by Gasteiger charge is 2.15. The van der Waals surface area contributed by atoms with Gasteiger partial charge < -0.3 is 5.32 Å². The van der Waals surface area contributed by atoms with Crippen LogP contribution in [0.4, 0.5) is 0 Å². The van der Waals surface area contributed by atoms with Crippen LogP contribution < -0.4 is 11.1 Å². The Morgan fingerprint density at radius 3 is 2.67 bits per heavy atom. The molecule has 1 fully saturated rings. The molecule has 9 heavy (non-hydrogen) atoms. The van der Waals surface area contributed by atoms with Crippen LogP contribution in [0, 0.1) is 0 Å². The summed E-state index contributed by atoms with van der Waals surface area (Å²) in [4.78, 5) is 0. The summed E-state index contributed by atoms with van der Waals surface area (Å²) in [5.41, 5.74) is 7.41. The highest BCUT2D eigenvalue weighted by molar-refractivity contribution is 4.78. The first-order chi connectivity index (χ1) is 4.30. The lowest BCUT2D eigenvalue weighted by Crippen LogP contribution is -2.42.